The lowest BCUT2D eigenvalue weighted by molar-refractivity contribution is -0.123. The molecule has 1 amide bonds. The number of rotatable bonds is 5. The second-order valence-corrected chi connectivity index (χ2v) is 7.66. The average Bonchev–Trinajstić information content (AvgIpc) is 3.11. The standard InChI is InChI=1S/C15H9Cl3N2O3S2/c16-8-3-11(17)14(12(18)4-8)22-6-10-2-1-9(23-10)5-19-20-13(21)7-25-15(20)24/h1-5H,6-7H2. The van der Waals surface area contributed by atoms with E-state index in [2.05, 4.69) is 5.10 Å². The lowest BCUT2D eigenvalue weighted by atomic mass is 10.3. The number of hydrogen-bond donors (Lipinski definition) is 0. The van der Waals surface area contributed by atoms with Gasteiger partial charge in [0.25, 0.3) is 5.91 Å². The molecule has 0 saturated carbocycles. The molecule has 1 saturated heterocycles. The molecule has 0 radical (unpaired) electrons. The van der Waals surface area contributed by atoms with E-state index in [0.717, 1.165) is 0 Å². The quantitative estimate of drug-likeness (QED) is 0.488. The number of hydrogen-bond acceptors (Lipinski definition) is 6. The van der Waals surface area contributed by atoms with E-state index in [0.29, 0.717) is 42.4 Å². The second-order valence-electron chi connectivity index (χ2n) is 4.80. The van der Waals surface area contributed by atoms with Gasteiger partial charge < -0.3 is 9.15 Å². The summed E-state index contributed by atoms with van der Waals surface area (Å²) in [5, 5.41) is 6.24. The Morgan fingerprint density at radius 2 is 2.04 bits per heavy atom. The number of furan rings is 1. The molecule has 2 aromatic rings. The number of hydrazone groups is 1. The molecule has 0 atom stereocenters. The van der Waals surface area contributed by atoms with E-state index in [4.69, 9.17) is 56.2 Å². The Kier molecular flexibility index (Phi) is 5.91. The van der Waals surface area contributed by atoms with Crippen molar-refractivity contribution in [3.63, 3.8) is 0 Å². The van der Waals surface area contributed by atoms with Crippen molar-refractivity contribution < 1.29 is 13.9 Å². The summed E-state index contributed by atoms with van der Waals surface area (Å²) in [6.45, 7) is 0.117. The molecular weight excluding hydrogens is 427 g/mol. The van der Waals surface area contributed by atoms with E-state index in [1.807, 2.05) is 0 Å². The Morgan fingerprint density at radius 1 is 1.32 bits per heavy atom. The molecule has 0 aliphatic carbocycles. The van der Waals surface area contributed by atoms with E-state index in [9.17, 15) is 4.79 Å². The third-order valence-corrected chi connectivity index (χ3v) is 5.15. The maximum Gasteiger partial charge on any atom is 0.259 e. The normalized spacial score (nSPS) is 14.8. The summed E-state index contributed by atoms with van der Waals surface area (Å²) in [4.78, 5) is 11.6. The zero-order valence-corrected chi connectivity index (χ0v) is 16.3. The third kappa shape index (κ3) is 4.48. The van der Waals surface area contributed by atoms with Crippen LogP contribution in [0.1, 0.15) is 11.5 Å². The average molecular weight is 436 g/mol. The molecule has 3 rings (SSSR count). The van der Waals surface area contributed by atoms with Gasteiger partial charge in [0.1, 0.15) is 18.1 Å². The van der Waals surface area contributed by atoms with Gasteiger partial charge in [-0.25, -0.2) is 0 Å². The van der Waals surface area contributed by atoms with Crippen molar-refractivity contribution >= 4 is 75.2 Å². The van der Waals surface area contributed by atoms with E-state index in [1.165, 1.54) is 23.0 Å². The van der Waals surface area contributed by atoms with Crippen molar-refractivity contribution in [2.75, 3.05) is 5.75 Å². The smallest absolute Gasteiger partial charge is 0.259 e. The summed E-state index contributed by atoms with van der Waals surface area (Å²) in [7, 11) is 0. The zero-order chi connectivity index (χ0) is 18.0. The first kappa shape index (κ1) is 18.5. The number of nitrogens with zero attached hydrogens (tertiary/aromatic N) is 2. The molecule has 0 unspecified atom stereocenters. The van der Waals surface area contributed by atoms with Crippen LogP contribution in [0.5, 0.6) is 5.75 Å². The molecule has 5 nitrogen and oxygen atoms in total. The van der Waals surface area contributed by atoms with E-state index in [-0.39, 0.29) is 12.5 Å². The van der Waals surface area contributed by atoms with Gasteiger partial charge in [-0.1, -0.05) is 58.8 Å². The third-order valence-electron chi connectivity index (χ3n) is 3.03. The highest BCUT2D eigenvalue weighted by molar-refractivity contribution is 8.23. The fraction of sp³-hybridized carbons (Fsp3) is 0.133. The first-order valence-corrected chi connectivity index (χ1v) is 9.36. The van der Waals surface area contributed by atoms with Crippen LogP contribution in [-0.2, 0) is 11.4 Å². The first-order valence-electron chi connectivity index (χ1n) is 6.84. The monoisotopic (exact) mass is 434 g/mol. The Morgan fingerprint density at radius 3 is 2.68 bits per heavy atom. The minimum atomic E-state index is -0.159. The van der Waals surface area contributed by atoms with Gasteiger partial charge in [0.2, 0.25) is 0 Å². The molecule has 10 heteroatoms. The largest absolute Gasteiger partial charge is 0.483 e. The van der Waals surface area contributed by atoms with Crippen LogP contribution in [0.4, 0.5) is 0 Å². The Labute approximate surface area is 167 Å². The number of carbonyl (C=O) groups excluding carboxylic acids is 1. The van der Waals surface area contributed by atoms with Gasteiger partial charge in [-0.3, -0.25) is 4.79 Å². The van der Waals surface area contributed by atoms with Crippen molar-refractivity contribution in [2.24, 2.45) is 5.10 Å². The Hall–Kier alpha value is -1.25. The predicted octanol–water partition coefficient (Wildman–Crippen LogP) is 5.01. The van der Waals surface area contributed by atoms with Crippen LogP contribution in [0.3, 0.4) is 0 Å². The van der Waals surface area contributed by atoms with Crippen molar-refractivity contribution in [2.45, 2.75) is 6.61 Å². The number of benzene rings is 1. The molecule has 0 N–H and O–H groups in total. The molecule has 1 aromatic heterocycles. The van der Waals surface area contributed by atoms with E-state index in [1.54, 1.807) is 24.3 Å². The fourth-order valence-electron chi connectivity index (χ4n) is 1.93. The maximum atomic E-state index is 11.6. The van der Waals surface area contributed by atoms with Gasteiger partial charge >= 0.3 is 0 Å². The van der Waals surface area contributed by atoms with Gasteiger partial charge in [-0.15, -0.1) is 0 Å². The molecule has 25 heavy (non-hydrogen) atoms. The van der Waals surface area contributed by atoms with Gasteiger partial charge in [-0.2, -0.15) is 10.1 Å². The Bertz CT molecular complexity index is 830. The minimum Gasteiger partial charge on any atom is -0.483 e. The predicted molar refractivity (Wildman–Crippen MR) is 104 cm³/mol. The molecule has 1 aliphatic rings. The van der Waals surface area contributed by atoms with Crippen LogP contribution in [-0.4, -0.2) is 27.2 Å². The highest BCUT2D eigenvalue weighted by Gasteiger charge is 2.26. The van der Waals surface area contributed by atoms with Crippen LogP contribution in [0, 0.1) is 0 Å². The molecular formula is C15H9Cl3N2O3S2. The van der Waals surface area contributed by atoms with Gasteiger partial charge in [0, 0.05) is 5.02 Å². The Balaban J connectivity index is 1.64. The second kappa shape index (κ2) is 7.97. The van der Waals surface area contributed by atoms with Crippen LogP contribution >= 0.6 is 58.8 Å². The summed E-state index contributed by atoms with van der Waals surface area (Å²) in [5.41, 5.74) is 0. The van der Waals surface area contributed by atoms with Gasteiger partial charge in [0.15, 0.2) is 10.1 Å². The summed E-state index contributed by atoms with van der Waals surface area (Å²) >= 11 is 24.3. The van der Waals surface area contributed by atoms with Crippen molar-refractivity contribution in [1.82, 2.24) is 5.01 Å². The summed E-state index contributed by atoms with van der Waals surface area (Å²) in [6, 6.07) is 6.50. The van der Waals surface area contributed by atoms with Gasteiger partial charge in [0.05, 0.1) is 22.0 Å². The summed E-state index contributed by atoms with van der Waals surface area (Å²) in [5.74, 6) is 1.46. The molecule has 1 aromatic carbocycles. The highest BCUT2D eigenvalue weighted by atomic mass is 35.5. The van der Waals surface area contributed by atoms with E-state index < -0.39 is 0 Å². The van der Waals surface area contributed by atoms with Crippen molar-refractivity contribution in [3.05, 3.63) is 50.9 Å². The lowest BCUT2D eigenvalue weighted by Gasteiger charge is -2.09. The summed E-state index contributed by atoms with van der Waals surface area (Å²) < 4.78 is 11.6. The van der Waals surface area contributed by atoms with Crippen LogP contribution in [0.15, 0.2) is 33.8 Å². The number of halogens is 3. The zero-order valence-electron chi connectivity index (χ0n) is 12.4. The number of thiocarbonyl (C=S) groups is 1. The van der Waals surface area contributed by atoms with Gasteiger partial charge in [-0.05, 0) is 24.3 Å². The number of ether oxygens (including phenoxy) is 1. The van der Waals surface area contributed by atoms with E-state index >= 15 is 0 Å². The molecule has 0 bridgehead atoms. The number of amides is 1. The molecule has 2 heterocycles. The molecule has 0 spiro atoms. The number of carbonyl (C=O) groups is 1. The van der Waals surface area contributed by atoms with Crippen LogP contribution < -0.4 is 4.74 Å². The maximum absolute atomic E-state index is 11.6. The SMILES string of the molecule is O=C1CSC(=S)N1N=Cc1ccc(COc2c(Cl)cc(Cl)cc2Cl)o1. The lowest BCUT2D eigenvalue weighted by Crippen LogP contribution is -2.22. The molecule has 1 fully saturated rings. The summed E-state index contributed by atoms with van der Waals surface area (Å²) in [6.07, 6.45) is 1.42. The van der Waals surface area contributed by atoms with Crippen LogP contribution in [0.25, 0.3) is 0 Å². The van der Waals surface area contributed by atoms with Crippen molar-refractivity contribution in [3.8, 4) is 5.75 Å². The van der Waals surface area contributed by atoms with Crippen LogP contribution in [0.2, 0.25) is 15.1 Å². The fourth-order valence-corrected chi connectivity index (χ4v) is 3.82. The topological polar surface area (TPSA) is 55.0 Å². The first-order chi connectivity index (χ1) is 11.9. The number of thioether (sulfide) groups is 1. The molecule has 130 valence electrons. The minimum absolute atomic E-state index is 0.117. The van der Waals surface area contributed by atoms with Crippen molar-refractivity contribution in [1.29, 1.82) is 0 Å². The molecule has 1 aliphatic heterocycles. The highest BCUT2D eigenvalue weighted by Crippen LogP contribution is 2.36.